The summed E-state index contributed by atoms with van der Waals surface area (Å²) in [5.74, 6) is -0.220. The number of ether oxygens (including phenoxy) is 2. The number of thiophene rings is 1. The van der Waals surface area contributed by atoms with Crippen LogP contribution in [-0.2, 0) is 14.8 Å². The van der Waals surface area contributed by atoms with Gasteiger partial charge in [0.2, 0.25) is 10.0 Å². The molecule has 35 heavy (non-hydrogen) atoms. The number of hydrogen-bond donors (Lipinski definition) is 1. The molecule has 1 aromatic carbocycles. The normalized spacial score (nSPS) is 14.4. The molecule has 3 rings (SSSR count). The van der Waals surface area contributed by atoms with Crippen LogP contribution in [0, 0.1) is 6.92 Å². The average Bonchev–Trinajstić information content (AvgIpc) is 3.18. The second kappa shape index (κ2) is 10.9. The molecule has 0 saturated carbocycles. The second-order valence-corrected chi connectivity index (χ2v) is 11.3. The number of sulfonamides is 1. The zero-order valence-electron chi connectivity index (χ0n) is 20.2. The van der Waals surface area contributed by atoms with Crippen molar-refractivity contribution < 1.29 is 27.5 Å². The number of amides is 1. The zero-order valence-corrected chi connectivity index (χ0v) is 22.6. The number of esters is 1. The molecule has 1 aromatic heterocycles. The van der Waals surface area contributed by atoms with Gasteiger partial charge in [-0.15, -0.1) is 11.3 Å². The van der Waals surface area contributed by atoms with E-state index in [9.17, 15) is 18.0 Å². The first kappa shape index (κ1) is 26.9. The van der Waals surface area contributed by atoms with E-state index in [2.05, 4.69) is 5.32 Å². The number of piperazine rings is 1. The van der Waals surface area contributed by atoms with Gasteiger partial charge >= 0.3 is 5.97 Å². The summed E-state index contributed by atoms with van der Waals surface area (Å²) in [5, 5.41) is 3.82. The number of anilines is 1. The van der Waals surface area contributed by atoms with Gasteiger partial charge in [-0.3, -0.25) is 4.79 Å². The third-order valence-electron chi connectivity index (χ3n) is 5.58. The maximum Gasteiger partial charge on any atom is 0.341 e. The van der Waals surface area contributed by atoms with Gasteiger partial charge in [-0.25, -0.2) is 13.2 Å². The number of methoxy groups -OCH3 is 2. The first-order valence-electron chi connectivity index (χ1n) is 10.6. The van der Waals surface area contributed by atoms with E-state index in [4.69, 9.17) is 21.7 Å². The van der Waals surface area contributed by atoms with Crippen molar-refractivity contribution in [2.24, 2.45) is 0 Å². The van der Waals surface area contributed by atoms with Gasteiger partial charge in [0.15, 0.2) is 5.11 Å². The number of thiocarbonyl (C=S) groups is 1. The van der Waals surface area contributed by atoms with Gasteiger partial charge < -0.3 is 24.6 Å². The topological polar surface area (TPSA) is 108 Å². The van der Waals surface area contributed by atoms with Crippen LogP contribution in [0.3, 0.4) is 0 Å². The van der Waals surface area contributed by atoms with E-state index in [0.717, 1.165) is 11.3 Å². The maximum atomic E-state index is 13.0. The van der Waals surface area contributed by atoms with Crippen LogP contribution in [0.5, 0.6) is 5.75 Å². The lowest BCUT2D eigenvalue weighted by molar-refractivity contribution is 0.0601. The Kier molecular flexibility index (Phi) is 8.36. The highest BCUT2D eigenvalue weighted by Crippen LogP contribution is 2.34. The third-order valence-corrected chi connectivity index (χ3v) is 9.05. The minimum Gasteiger partial charge on any atom is -0.497 e. The van der Waals surface area contributed by atoms with Crippen LogP contribution in [0.1, 0.15) is 25.6 Å². The minimum absolute atomic E-state index is 0.197. The van der Waals surface area contributed by atoms with Crippen molar-refractivity contribution in [2.75, 3.05) is 59.8 Å². The molecule has 0 atom stereocenters. The van der Waals surface area contributed by atoms with Gasteiger partial charge in [-0.2, -0.15) is 4.31 Å². The lowest BCUT2D eigenvalue weighted by Gasteiger charge is -2.35. The highest BCUT2D eigenvalue weighted by Gasteiger charge is 2.31. The van der Waals surface area contributed by atoms with Crippen molar-refractivity contribution in [3.63, 3.8) is 0 Å². The standard InChI is InChI=1S/C22H28N4O6S3/c1-14-17(21(28)32-5)19(34-18(14)20(27)24(2)3)23-22(33)25-10-12-26(13-11-25)35(29,30)16-8-6-15(31-4)7-9-16/h6-9H,10-13H2,1-5H3,(H,23,33). The monoisotopic (exact) mass is 540 g/mol. The quantitative estimate of drug-likeness (QED) is 0.436. The Balaban J connectivity index is 1.73. The van der Waals surface area contributed by atoms with Crippen molar-refractivity contribution >= 4 is 55.6 Å². The Morgan fingerprint density at radius 2 is 1.69 bits per heavy atom. The van der Waals surface area contributed by atoms with Crippen LogP contribution in [-0.4, -0.2) is 94.0 Å². The third kappa shape index (κ3) is 5.58. The average molecular weight is 541 g/mol. The first-order chi connectivity index (χ1) is 16.5. The van der Waals surface area contributed by atoms with Crippen LogP contribution < -0.4 is 10.1 Å². The SMILES string of the molecule is COC(=O)c1c(NC(=S)N2CCN(S(=O)(=O)c3ccc(OC)cc3)CC2)sc(C(=O)N(C)C)c1C. The summed E-state index contributed by atoms with van der Waals surface area (Å²) in [6.07, 6.45) is 0. The van der Waals surface area contributed by atoms with Gasteiger partial charge in [0.25, 0.3) is 5.91 Å². The van der Waals surface area contributed by atoms with Crippen LogP contribution in [0.25, 0.3) is 0 Å². The van der Waals surface area contributed by atoms with Crippen LogP contribution >= 0.6 is 23.6 Å². The summed E-state index contributed by atoms with van der Waals surface area (Å²) in [7, 11) is 2.42. The van der Waals surface area contributed by atoms with Crippen molar-refractivity contribution in [1.29, 1.82) is 0 Å². The smallest absolute Gasteiger partial charge is 0.341 e. The highest BCUT2D eigenvalue weighted by atomic mass is 32.2. The highest BCUT2D eigenvalue weighted by molar-refractivity contribution is 7.89. The summed E-state index contributed by atoms with van der Waals surface area (Å²) < 4.78 is 37.4. The lowest BCUT2D eigenvalue weighted by Crippen LogP contribution is -2.51. The molecule has 0 unspecified atom stereocenters. The number of benzene rings is 1. The van der Waals surface area contributed by atoms with Gasteiger partial charge in [-0.05, 0) is 49.0 Å². The molecule has 1 aliphatic rings. The van der Waals surface area contributed by atoms with Gasteiger partial charge in [0.05, 0.1) is 29.6 Å². The van der Waals surface area contributed by atoms with E-state index in [1.165, 1.54) is 35.6 Å². The summed E-state index contributed by atoms with van der Waals surface area (Å²) in [5.41, 5.74) is 0.770. The number of hydrogen-bond acceptors (Lipinski definition) is 8. The molecule has 1 fully saturated rings. The van der Waals surface area contributed by atoms with Crippen molar-refractivity contribution in [3.05, 3.63) is 40.3 Å². The van der Waals surface area contributed by atoms with Crippen molar-refractivity contribution in [1.82, 2.24) is 14.1 Å². The van der Waals surface area contributed by atoms with Crippen LogP contribution in [0.4, 0.5) is 5.00 Å². The van der Waals surface area contributed by atoms with Crippen LogP contribution in [0.15, 0.2) is 29.2 Å². The molecule has 2 heterocycles. The Bertz CT molecular complexity index is 1220. The summed E-state index contributed by atoms with van der Waals surface area (Å²) >= 11 is 6.68. The Morgan fingerprint density at radius 1 is 1.09 bits per heavy atom. The second-order valence-electron chi connectivity index (χ2n) is 7.95. The molecule has 190 valence electrons. The molecule has 1 aliphatic heterocycles. The van der Waals surface area contributed by atoms with Crippen LogP contribution in [0.2, 0.25) is 0 Å². The fourth-order valence-corrected chi connectivity index (χ4v) is 6.55. The summed E-state index contributed by atoms with van der Waals surface area (Å²) in [4.78, 5) is 28.9. The number of nitrogens with one attached hydrogen (secondary N) is 1. The summed E-state index contributed by atoms with van der Waals surface area (Å²) in [6, 6.07) is 6.26. The molecule has 1 saturated heterocycles. The van der Waals surface area contributed by atoms with E-state index < -0.39 is 16.0 Å². The predicted octanol–water partition coefficient (Wildman–Crippen LogP) is 2.26. The molecule has 1 amide bonds. The number of carbonyl (C=O) groups is 2. The van der Waals surface area contributed by atoms with E-state index >= 15 is 0 Å². The molecule has 2 aromatic rings. The van der Waals surface area contributed by atoms with Crippen molar-refractivity contribution in [2.45, 2.75) is 11.8 Å². The van der Waals surface area contributed by atoms with Crippen molar-refractivity contribution in [3.8, 4) is 5.75 Å². The Morgan fingerprint density at radius 3 is 2.20 bits per heavy atom. The zero-order chi connectivity index (χ0) is 25.9. The largest absolute Gasteiger partial charge is 0.497 e. The summed E-state index contributed by atoms with van der Waals surface area (Å²) in [6.45, 7) is 2.91. The van der Waals surface area contributed by atoms with Gasteiger partial charge in [0, 0.05) is 40.3 Å². The number of carbonyl (C=O) groups excluding carboxylic acids is 2. The Labute approximate surface area is 214 Å². The molecular weight excluding hydrogens is 512 g/mol. The molecule has 1 N–H and O–H groups in total. The minimum atomic E-state index is -3.65. The molecule has 0 radical (unpaired) electrons. The van der Waals surface area contributed by atoms with Gasteiger partial charge in [-0.1, -0.05) is 0 Å². The van der Waals surface area contributed by atoms with E-state index in [-0.39, 0.29) is 29.5 Å². The molecular formula is C22H28N4O6S3. The molecule has 10 nitrogen and oxygen atoms in total. The Hall–Kier alpha value is -2.74. The number of nitrogens with zero attached hydrogens (tertiary/aromatic N) is 3. The van der Waals surface area contributed by atoms with Gasteiger partial charge in [0.1, 0.15) is 10.8 Å². The van der Waals surface area contributed by atoms with E-state index in [1.54, 1.807) is 33.2 Å². The molecule has 0 spiro atoms. The van der Waals surface area contributed by atoms with E-state index in [1.807, 2.05) is 4.90 Å². The molecule has 0 bridgehead atoms. The fourth-order valence-electron chi connectivity index (χ4n) is 3.56. The first-order valence-corrected chi connectivity index (χ1v) is 13.3. The molecule has 13 heteroatoms. The van der Waals surface area contributed by atoms with E-state index in [0.29, 0.717) is 39.4 Å². The number of rotatable bonds is 6. The predicted molar refractivity (Wildman–Crippen MR) is 138 cm³/mol. The molecule has 0 aliphatic carbocycles. The maximum absolute atomic E-state index is 13.0. The fraction of sp³-hybridized carbons (Fsp3) is 0.409. The lowest BCUT2D eigenvalue weighted by atomic mass is 10.1.